The van der Waals surface area contributed by atoms with Gasteiger partial charge in [0.05, 0.1) is 31.1 Å². The number of aromatic amines is 1. The highest BCUT2D eigenvalue weighted by Crippen LogP contribution is 2.37. The lowest BCUT2D eigenvalue weighted by atomic mass is 10.1. The molecule has 2 aliphatic heterocycles. The van der Waals surface area contributed by atoms with E-state index in [0.29, 0.717) is 6.67 Å². The monoisotopic (exact) mass is 309 g/mol. The zero-order valence-electron chi connectivity index (χ0n) is 12.9. The molecule has 1 saturated heterocycles. The van der Waals surface area contributed by atoms with Gasteiger partial charge in [0.1, 0.15) is 0 Å². The topological polar surface area (TPSA) is 48.6 Å². The van der Waals surface area contributed by atoms with Crippen molar-refractivity contribution in [3.63, 3.8) is 0 Å². The number of rotatable bonds is 3. The van der Waals surface area contributed by atoms with Gasteiger partial charge in [0, 0.05) is 30.5 Å². The van der Waals surface area contributed by atoms with E-state index >= 15 is 0 Å². The summed E-state index contributed by atoms with van der Waals surface area (Å²) in [4.78, 5) is 20.2. The summed E-state index contributed by atoms with van der Waals surface area (Å²) < 4.78 is 5.39. The summed E-state index contributed by atoms with van der Waals surface area (Å²) in [7, 11) is 0. The van der Waals surface area contributed by atoms with E-state index in [2.05, 4.69) is 9.88 Å². The Hall–Kier alpha value is -2.37. The summed E-state index contributed by atoms with van der Waals surface area (Å²) in [6, 6.07) is 11.9. The standard InChI is InChI=1S/C18H19N3O2/c22-18-16(12-14-4-3-7-19-14)15-5-1-2-6-17(15)21(18)13-20-8-10-23-11-9-20/h1-7,12,19H,8-11,13H2. The molecular formula is C18H19N3O2. The number of carbonyl (C=O) groups excluding carboxylic acids is 1. The van der Waals surface area contributed by atoms with Gasteiger partial charge in [-0.25, -0.2) is 0 Å². The van der Waals surface area contributed by atoms with Crippen LogP contribution in [0.4, 0.5) is 5.69 Å². The lowest BCUT2D eigenvalue weighted by Gasteiger charge is -2.30. The fraction of sp³-hybridized carbons (Fsp3) is 0.278. The lowest BCUT2D eigenvalue weighted by Crippen LogP contribution is -2.45. The predicted octanol–water partition coefficient (Wildman–Crippen LogP) is 2.19. The number of aromatic nitrogens is 1. The third-order valence-corrected chi connectivity index (χ3v) is 4.33. The third-order valence-electron chi connectivity index (χ3n) is 4.33. The first-order valence-corrected chi connectivity index (χ1v) is 7.89. The Morgan fingerprint density at radius 2 is 1.96 bits per heavy atom. The maximum Gasteiger partial charge on any atom is 0.260 e. The van der Waals surface area contributed by atoms with Gasteiger partial charge in [0.15, 0.2) is 0 Å². The van der Waals surface area contributed by atoms with Crippen LogP contribution < -0.4 is 4.90 Å². The minimum Gasteiger partial charge on any atom is -0.379 e. The van der Waals surface area contributed by atoms with Crippen LogP contribution in [0.3, 0.4) is 0 Å². The summed E-state index contributed by atoms with van der Waals surface area (Å²) in [6.07, 6.45) is 3.80. The molecule has 2 aromatic rings. The summed E-state index contributed by atoms with van der Waals surface area (Å²) in [5.74, 6) is 0.0623. The first kappa shape index (κ1) is 14.2. The zero-order valence-corrected chi connectivity index (χ0v) is 12.9. The quantitative estimate of drug-likeness (QED) is 0.884. The molecule has 2 aliphatic rings. The number of morpholine rings is 1. The molecule has 23 heavy (non-hydrogen) atoms. The molecule has 4 rings (SSSR count). The summed E-state index contributed by atoms with van der Waals surface area (Å²) >= 11 is 0. The average molecular weight is 309 g/mol. The average Bonchev–Trinajstić information content (AvgIpc) is 3.19. The molecule has 0 unspecified atom stereocenters. The number of ether oxygens (including phenoxy) is 1. The largest absolute Gasteiger partial charge is 0.379 e. The fourth-order valence-electron chi connectivity index (χ4n) is 3.12. The number of para-hydroxylation sites is 1. The first-order valence-electron chi connectivity index (χ1n) is 7.89. The Morgan fingerprint density at radius 3 is 2.74 bits per heavy atom. The number of hydrogen-bond acceptors (Lipinski definition) is 3. The van der Waals surface area contributed by atoms with Crippen molar-refractivity contribution in [1.29, 1.82) is 0 Å². The van der Waals surface area contributed by atoms with Gasteiger partial charge < -0.3 is 9.72 Å². The third kappa shape index (κ3) is 2.69. The van der Waals surface area contributed by atoms with Crippen LogP contribution in [0, 0.1) is 0 Å². The van der Waals surface area contributed by atoms with Crippen LogP contribution in [0.1, 0.15) is 11.3 Å². The highest BCUT2D eigenvalue weighted by molar-refractivity contribution is 6.35. The SMILES string of the molecule is O=C1C(=Cc2ccc[nH]2)c2ccccc2N1CN1CCOCC1. The Balaban J connectivity index is 1.67. The first-order chi connectivity index (χ1) is 11.3. The van der Waals surface area contributed by atoms with Gasteiger partial charge >= 0.3 is 0 Å². The molecule has 0 atom stereocenters. The van der Waals surface area contributed by atoms with Crippen molar-refractivity contribution in [3.8, 4) is 0 Å². The number of anilines is 1. The molecule has 1 N–H and O–H groups in total. The lowest BCUT2D eigenvalue weighted by molar-refractivity contribution is -0.113. The molecule has 0 saturated carbocycles. The van der Waals surface area contributed by atoms with Crippen LogP contribution in [0.25, 0.3) is 11.6 Å². The van der Waals surface area contributed by atoms with Crippen molar-refractivity contribution in [2.24, 2.45) is 0 Å². The molecule has 0 bridgehead atoms. The molecule has 1 amide bonds. The maximum atomic E-state index is 12.9. The van der Waals surface area contributed by atoms with Crippen LogP contribution in [-0.4, -0.2) is 48.8 Å². The van der Waals surface area contributed by atoms with Crippen LogP contribution in [0.2, 0.25) is 0 Å². The minimum atomic E-state index is 0.0623. The van der Waals surface area contributed by atoms with Gasteiger partial charge in [-0.3, -0.25) is 14.6 Å². The highest BCUT2D eigenvalue weighted by atomic mass is 16.5. The molecule has 0 spiro atoms. The number of hydrogen-bond donors (Lipinski definition) is 1. The second-order valence-corrected chi connectivity index (χ2v) is 5.81. The van der Waals surface area contributed by atoms with E-state index in [1.54, 1.807) is 0 Å². The number of carbonyl (C=O) groups is 1. The molecule has 5 heteroatoms. The van der Waals surface area contributed by atoms with E-state index < -0.39 is 0 Å². The van der Waals surface area contributed by atoms with Crippen molar-refractivity contribution in [1.82, 2.24) is 9.88 Å². The number of nitrogens with one attached hydrogen (secondary N) is 1. The molecule has 1 fully saturated rings. The van der Waals surface area contributed by atoms with Crippen molar-refractivity contribution in [3.05, 3.63) is 53.9 Å². The van der Waals surface area contributed by atoms with E-state index in [-0.39, 0.29) is 5.91 Å². The summed E-state index contributed by atoms with van der Waals surface area (Å²) in [5.41, 5.74) is 3.68. The van der Waals surface area contributed by atoms with E-state index in [1.165, 1.54) is 0 Å². The predicted molar refractivity (Wildman–Crippen MR) is 89.9 cm³/mol. The van der Waals surface area contributed by atoms with E-state index in [0.717, 1.165) is 48.8 Å². The molecule has 3 heterocycles. The van der Waals surface area contributed by atoms with Crippen molar-refractivity contribution >= 4 is 23.2 Å². The van der Waals surface area contributed by atoms with Gasteiger partial charge in [0.2, 0.25) is 0 Å². The second-order valence-electron chi connectivity index (χ2n) is 5.81. The van der Waals surface area contributed by atoms with E-state index in [1.807, 2.05) is 53.6 Å². The summed E-state index contributed by atoms with van der Waals surface area (Å²) in [6.45, 7) is 3.80. The van der Waals surface area contributed by atoms with Gasteiger partial charge in [-0.05, 0) is 24.3 Å². The van der Waals surface area contributed by atoms with Gasteiger partial charge in [-0.15, -0.1) is 0 Å². The molecule has 5 nitrogen and oxygen atoms in total. The van der Waals surface area contributed by atoms with Gasteiger partial charge in [-0.1, -0.05) is 18.2 Å². The Kier molecular flexibility index (Phi) is 3.73. The normalized spacial score (nSPS) is 20.3. The smallest absolute Gasteiger partial charge is 0.260 e. The zero-order chi connectivity index (χ0) is 15.6. The van der Waals surface area contributed by atoms with E-state index in [9.17, 15) is 4.79 Å². The van der Waals surface area contributed by atoms with Gasteiger partial charge in [-0.2, -0.15) is 0 Å². The molecule has 1 aromatic heterocycles. The van der Waals surface area contributed by atoms with Crippen LogP contribution in [0.15, 0.2) is 42.6 Å². The number of nitrogens with zero attached hydrogens (tertiary/aromatic N) is 2. The molecular weight excluding hydrogens is 290 g/mol. The van der Waals surface area contributed by atoms with Crippen LogP contribution in [-0.2, 0) is 9.53 Å². The van der Waals surface area contributed by atoms with Crippen molar-refractivity contribution < 1.29 is 9.53 Å². The fourth-order valence-corrected chi connectivity index (χ4v) is 3.12. The number of H-pyrrole nitrogens is 1. The molecule has 118 valence electrons. The Labute approximate surface area is 135 Å². The number of benzene rings is 1. The van der Waals surface area contributed by atoms with Crippen LogP contribution in [0.5, 0.6) is 0 Å². The van der Waals surface area contributed by atoms with Crippen molar-refractivity contribution in [2.75, 3.05) is 37.9 Å². The molecule has 0 aliphatic carbocycles. The number of fused-ring (bicyclic) bond motifs is 1. The van der Waals surface area contributed by atoms with E-state index in [4.69, 9.17) is 4.74 Å². The van der Waals surface area contributed by atoms with Gasteiger partial charge in [0.25, 0.3) is 5.91 Å². The Morgan fingerprint density at radius 1 is 1.13 bits per heavy atom. The molecule has 1 aromatic carbocycles. The number of amides is 1. The Bertz CT molecular complexity index is 730. The second kappa shape index (κ2) is 6.02. The van der Waals surface area contributed by atoms with Crippen molar-refractivity contribution in [2.45, 2.75) is 0 Å². The minimum absolute atomic E-state index is 0.0623. The summed E-state index contributed by atoms with van der Waals surface area (Å²) in [5, 5.41) is 0. The highest BCUT2D eigenvalue weighted by Gasteiger charge is 2.33. The maximum absolute atomic E-state index is 12.9. The molecule has 0 radical (unpaired) electrons. The van der Waals surface area contributed by atoms with Crippen LogP contribution >= 0.6 is 0 Å².